The largest absolute Gasteiger partial charge is 0.481 e. The first kappa shape index (κ1) is 16.5. The third kappa shape index (κ3) is 2.69. The summed E-state index contributed by atoms with van der Waals surface area (Å²) < 4.78 is 6.01. The number of carbonyl (C=O) groups is 1. The van der Waals surface area contributed by atoms with Gasteiger partial charge in [0.05, 0.1) is 11.6 Å². The molecule has 7 nitrogen and oxygen atoms in total. The Morgan fingerprint density at radius 1 is 1.31 bits per heavy atom. The summed E-state index contributed by atoms with van der Waals surface area (Å²) in [6, 6.07) is 6.09. The molecule has 7 heteroatoms. The maximum Gasteiger partial charge on any atom is 0.306 e. The van der Waals surface area contributed by atoms with E-state index in [1.54, 1.807) is 0 Å². The lowest BCUT2D eigenvalue weighted by molar-refractivity contribution is -0.142. The number of aromatic nitrogens is 2. The van der Waals surface area contributed by atoms with Crippen LogP contribution in [-0.2, 0) is 17.6 Å². The van der Waals surface area contributed by atoms with Crippen LogP contribution < -0.4 is 10.5 Å². The van der Waals surface area contributed by atoms with Crippen molar-refractivity contribution in [2.75, 3.05) is 5.73 Å². The van der Waals surface area contributed by atoms with Gasteiger partial charge in [0.15, 0.2) is 11.5 Å². The van der Waals surface area contributed by atoms with Crippen molar-refractivity contribution < 1.29 is 14.6 Å². The Balaban J connectivity index is 1.79. The Labute approximate surface area is 151 Å². The summed E-state index contributed by atoms with van der Waals surface area (Å²) in [4.78, 5) is 24.2. The monoisotopic (exact) mass is 352 g/mol. The Morgan fingerprint density at radius 3 is 2.88 bits per heavy atom. The van der Waals surface area contributed by atoms with Gasteiger partial charge in [-0.1, -0.05) is 12.1 Å². The number of hydrogen-bond acceptors (Lipinski definition) is 6. The van der Waals surface area contributed by atoms with E-state index in [1.807, 2.05) is 26.0 Å². The van der Waals surface area contributed by atoms with E-state index < -0.39 is 11.6 Å². The quantitative estimate of drug-likeness (QED) is 0.859. The maximum atomic E-state index is 11.4. The average molecular weight is 352 g/mol. The van der Waals surface area contributed by atoms with Gasteiger partial charge in [-0.05, 0) is 50.3 Å². The van der Waals surface area contributed by atoms with Crippen LogP contribution in [0, 0.1) is 5.92 Å². The van der Waals surface area contributed by atoms with Crippen molar-refractivity contribution in [1.82, 2.24) is 9.97 Å². The van der Waals surface area contributed by atoms with E-state index in [2.05, 4.69) is 16.0 Å². The minimum atomic E-state index is -0.737. The average Bonchev–Trinajstić information content (AvgIpc) is 2.59. The number of nitrogen functional groups attached to an aromatic ring is 1. The fraction of sp³-hybridized carbons (Fsp3) is 0.368. The molecule has 4 rings (SSSR count). The van der Waals surface area contributed by atoms with Crippen LogP contribution in [-0.4, -0.2) is 32.4 Å². The molecule has 0 saturated heterocycles. The molecular weight excluding hydrogens is 332 g/mol. The van der Waals surface area contributed by atoms with Crippen molar-refractivity contribution >= 4 is 23.2 Å². The fourth-order valence-corrected chi connectivity index (χ4v) is 3.62. The highest BCUT2D eigenvalue weighted by atomic mass is 16.5. The van der Waals surface area contributed by atoms with E-state index in [-0.39, 0.29) is 11.7 Å². The number of rotatable bonds is 2. The lowest BCUT2D eigenvalue weighted by Crippen LogP contribution is -2.41. The molecule has 134 valence electrons. The molecule has 1 aromatic heterocycles. The van der Waals surface area contributed by atoms with Crippen LogP contribution in [0.15, 0.2) is 29.5 Å². The topological polar surface area (TPSA) is 111 Å². The molecule has 2 aliphatic rings. The fourth-order valence-electron chi connectivity index (χ4n) is 3.62. The summed E-state index contributed by atoms with van der Waals surface area (Å²) in [6.07, 6.45) is 3.35. The predicted octanol–water partition coefficient (Wildman–Crippen LogP) is 2.54. The number of ether oxygens (including phenoxy) is 1. The number of aryl methyl sites for hydroxylation is 1. The molecule has 1 unspecified atom stereocenters. The zero-order valence-electron chi connectivity index (χ0n) is 14.7. The van der Waals surface area contributed by atoms with Crippen LogP contribution in [0.25, 0.3) is 0 Å². The summed E-state index contributed by atoms with van der Waals surface area (Å²) in [5, 5.41) is 9.33. The van der Waals surface area contributed by atoms with Gasteiger partial charge in [-0.3, -0.25) is 4.79 Å². The third-order valence-corrected chi connectivity index (χ3v) is 5.02. The molecule has 0 radical (unpaired) electrons. The Bertz CT molecular complexity index is 936. The first-order chi connectivity index (χ1) is 12.3. The molecule has 1 aromatic carbocycles. The van der Waals surface area contributed by atoms with Crippen molar-refractivity contribution in [1.29, 1.82) is 0 Å². The van der Waals surface area contributed by atoms with Crippen LogP contribution >= 0.6 is 0 Å². The van der Waals surface area contributed by atoms with Crippen LogP contribution in [0.4, 0.5) is 11.5 Å². The molecule has 2 aromatic rings. The van der Waals surface area contributed by atoms with Crippen molar-refractivity contribution in [3.8, 4) is 5.88 Å². The summed E-state index contributed by atoms with van der Waals surface area (Å²) in [5.41, 5.74) is 9.55. The molecule has 0 bridgehead atoms. The number of aliphatic imine (C=N–C) groups is 1. The van der Waals surface area contributed by atoms with Gasteiger partial charge in [0.25, 0.3) is 0 Å². The van der Waals surface area contributed by atoms with Gasteiger partial charge in [0, 0.05) is 5.56 Å². The third-order valence-electron chi connectivity index (χ3n) is 5.02. The molecule has 2 heterocycles. The predicted molar refractivity (Wildman–Crippen MR) is 96.9 cm³/mol. The van der Waals surface area contributed by atoms with Gasteiger partial charge in [0.2, 0.25) is 5.88 Å². The van der Waals surface area contributed by atoms with E-state index in [1.165, 1.54) is 11.9 Å². The SMILES string of the molecule is CC1(C)Oc2ncnc(N)c2N=C1c1ccc2c(c1)CC(C(=O)O)CC2. The number of benzene rings is 1. The van der Waals surface area contributed by atoms with Crippen molar-refractivity contribution in [2.24, 2.45) is 10.9 Å². The molecule has 1 atom stereocenters. The number of carboxylic acids is 1. The highest BCUT2D eigenvalue weighted by molar-refractivity contribution is 6.09. The summed E-state index contributed by atoms with van der Waals surface area (Å²) >= 11 is 0. The molecule has 26 heavy (non-hydrogen) atoms. The number of anilines is 1. The molecule has 0 spiro atoms. The molecule has 0 amide bonds. The normalized spacial score (nSPS) is 20.4. The van der Waals surface area contributed by atoms with Gasteiger partial charge in [-0.25, -0.2) is 9.98 Å². The van der Waals surface area contributed by atoms with Crippen LogP contribution in [0.5, 0.6) is 5.88 Å². The number of fused-ring (bicyclic) bond motifs is 2. The van der Waals surface area contributed by atoms with Crippen LogP contribution in [0.2, 0.25) is 0 Å². The number of hydrogen-bond donors (Lipinski definition) is 2. The number of nitrogens with two attached hydrogens (primary N) is 1. The van der Waals surface area contributed by atoms with Gasteiger partial charge in [-0.15, -0.1) is 0 Å². The van der Waals surface area contributed by atoms with Gasteiger partial charge in [0.1, 0.15) is 11.9 Å². The highest BCUT2D eigenvalue weighted by Gasteiger charge is 2.35. The lowest BCUT2D eigenvalue weighted by Gasteiger charge is -2.32. The van der Waals surface area contributed by atoms with Gasteiger partial charge in [-0.2, -0.15) is 4.98 Å². The Hall–Kier alpha value is -2.96. The van der Waals surface area contributed by atoms with Gasteiger partial charge >= 0.3 is 5.97 Å². The smallest absolute Gasteiger partial charge is 0.306 e. The van der Waals surface area contributed by atoms with Crippen molar-refractivity contribution in [3.05, 3.63) is 41.2 Å². The second-order valence-corrected chi connectivity index (χ2v) is 7.25. The number of carboxylic acid groups (broad SMARTS) is 1. The lowest BCUT2D eigenvalue weighted by atomic mass is 9.82. The molecule has 3 N–H and O–H groups in total. The number of nitrogens with zero attached hydrogens (tertiary/aromatic N) is 3. The number of aliphatic carboxylic acids is 1. The van der Waals surface area contributed by atoms with E-state index in [0.29, 0.717) is 24.4 Å². The highest BCUT2D eigenvalue weighted by Crippen LogP contribution is 2.39. The van der Waals surface area contributed by atoms with Crippen LogP contribution in [0.3, 0.4) is 0 Å². The second kappa shape index (κ2) is 5.79. The minimum absolute atomic E-state index is 0.270. The van der Waals surface area contributed by atoms with E-state index >= 15 is 0 Å². The molecule has 1 aliphatic carbocycles. The van der Waals surface area contributed by atoms with E-state index in [4.69, 9.17) is 15.5 Å². The first-order valence-corrected chi connectivity index (χ1v) is 8.59. The molecule has 0 saturated carbocycles. The summed E-state index contributed by atoms with van der Waals surface area (Å²) in [5.74, 6) is -0.430. The molecule has 0 fully saturated rings. The maximum absolute atomic E-state index is 11.4. The molecule has 1 aliphatic heterocycles. The first-order valence-electron chi connectivity index (χ1n) is 8.59. The summed E-state index contributed by atoms with van der Waals surface area (Å²) in [7, 11) is 0. The second-order valence-electron chi connectivity index (χ2n) is 7.25. The zero-order chi connectivity index (χ0) is 18.5. The van der Waals surface area contributed by atoms with Gasteiger partial charge < -0.3 is 15.6 Å². The zero-order valence-corrected chi connectivity index (χ0v) is 14.7. The van der Waals surface area contributed by atoms with Crippen LogP contribution in [0.1, 0.15) is 37.0 Å². The summed E-state index contributed by atoms with van der Waals surface area (Å²) in [6.45, 7) is 3.85. The molecular formula is C19H20N4O3. The minimum Gasteiger partial charge on any atom is -0.481 e. The Kier molecular flexibility index (Phi) is 3.68. The standard InChI is InChI=1S/C19H20N4O3/c1-19(2)15(23-14-16(20)21-9-22-17(14)26-19)11-5-3-10-4-6-12(18(24)25)8-13(10)7-11/h3,5,7,9,12H,4,6,8H2,1-2H3,(H,24,25)(H2,20,21,22). The van der Waals surface area contributed by atoms with E-state index in [9.17, 15) is 9.90 Å². The van der Waals surface area contributed by atoms with Crippen molar-refractivity contribution in [3.63, 3.8) is 0 Å². The Morgan fingerprint density at radius 2 is 2.12 bits per heavy atom. The van der Waals surface area contributed by atoms with E-state index in [0.717, 1.165) is 23.3 Å². The van der Waals surface area contributed by atoms with Crippen molar-refractivity contribution in [2.45, 2.75) is 38.7 Å².